The number of likely N-dealkylation sites (N-methyl/N-ethyl adjacent to an activating group) is 1. The summed E-state index contributed by atoms with van der Waals surface area (Å²) in [5.41, 5.74) is 2.00. The van der Waals surface area contributed by atoms with E-state index >= 15 is 0 Å². The van der Waals surface area contributed by atoms with Gasteiger partial charge in [0.15, 0.2) is 0 Å². The molecule has 0 unspecified atom stereocenters. The van der Waals surface area contributed by atoms with Gasteiger partial charge >= 0.3 is 5.97 Å². The summed E-state index contributed by atoms with van der Waals surface area (Å²) in [7, 11) is 2.10. The number of thioether (sulfide) groups is 1. The van der Waals surface area contributed by atoms with Gasteiger partial charge in [0.05, 0.1) is 5.56 Å². The van der Waals surface area contributed by atoms with Crippen LogP contribution in [0.5, 0.6) is 5.75 Å². The fourth-order valence-corrected chi connectivity index (χ4v) is 4.38. The smallest absolute Gasteiger partial charge is 0.336 e. The molecule has 1 saturated heterocycles. The van der Waals surface area contributed by atoms with Gasteiger partial charge < -0.3 is 9.84 Å². The van der Waals surface area contributed by atoms with Crippen molar-refractivity contribution in [1.82, 2.24) is 4.90 Å². The molecule has 1 aliphatic rings. The summed E-state index contributed by atoms with van der Waals surface area (Å²) in [6, 6.07) is 11.9. The van der Waals surface area contributed by atoms with Crippen molar-refractivity contribution in [3.8, 4) is 5.75 Å². The molecule has 2 aromatic rings. The van der Waals surface area contributed by atoms with E-state index in [4.69, 9.17) is 4.74 Å². The highest BCUT2D eigenvalue weighted by molar-refractivity contribution is 7.99. The Bertz CT molecular complexity index is 812. The number of carboxylic acid groups (broad SMARTS) is 1. The molecule has 6 heteroatoms. The minimum atomic E-state index is -0.958. The summed E-state index contributed by atoms with van der Waals surface area (Å²) in [5.74, 6) is -0.642. The highest BCUT2D eigenvalue weighted by Gasteiger charge is 2.29. The summed E-state index contributed by atoms with van der Waals surface area (Å²) in [5, 5.41) is 10.2. The van der Waals surface area contributed by atoms with E-state index in [0.717, 1.165) is 24.1 Å². The Hall–Kier alpha value is -2.05. The van der Waals surface area contributed by atoms with E-state index in [-0.39, 0.29) is 11.4 Å². The third-order valence-electron chi connectivity index (χ3n) is 5.33. The van der Waals surface area contributed by atoms with Crippen molar-refractivity contribution < 1.29 is 19.0 Å². The molecule has 1 N–H and O–H groups in total. The summed E-state index contributed by atoms with van der Waals surface area (Å²) < 4.78 is 18.9. The zero-order valence-corrected chi connectivity index (χ0v) is 17.0. The lowest BCUT2D eigenvalue weighted by atomic mass is 9.99. The van der Waals surface area contributed by atoms with Crippen LogP contribution in [0.4, 0.5) is 4.39 Å². The van der Waals surface area contributed by atoms with Crippen LogP contribution in [0.3, 0.4) is 0 Å². The SMILES string of the molecule is CS[C@H]1C[C@@H](COc2ccc(CCc3ccc(F)cc3)c(C(=O)O)c2)N(C)C1. The molecule has 4 nitrogen and oxygen atoms in total. The number of carboxylic acids is 1. The molecule has 0 spiro atoms. The molecule has 1 aliphatic heterocycles. The molecule has 1 fully saturated rings. The molecule has 0 bridgehead atoms. The molecule has 0 radical (unpaired) electrons. The molecular weight excluding hydrogens is 377 g/mol. The number of halogens is 1. The lowest BCUT2D eigenvalue weighted by Gasteiger charge is -2.20. The van der Waals surface area contributed by atoms with Crippen LogP contribution < -0.4 is 4.74 Å². The average Bonchev–Trinajstić information content (AvgIpc) is 3.06. The van der Waals surface area contributed by atoms with Crippen molar-refractivity contribution in [2.45, 2.75) is 30.6 Å². The van der Waals surface area contributed by atoms with E-state index in [1.165, 1.54) is 12.1 Å². The Morgan fingerprint density at radius 3 is 2.64 bits per heavy atom. The van der Waals surface area contributed by atoms with E-state index in [9.17, 15) is 14.3 Å². The highest BCUT2D eigenvalue weighted by Crippen LogP contribution is 2.26. The van der Waals surface area contributed by atoms with Crippen molar-refractivity contribution in [2.24, 2.45) is 0 Å². The summed E-state index contributed by atoms with van der Waals surface area (Å²) in [6.07, 6.45) is 4.45. The minimum absolute atomic E-state index is 0.265. The molecule has 0 amide bonds. The number of aryl methyl sites for hydroxylation is 2. The largest absolute Gasteiger partial charge is 0.492 e. The first-order valence-electron chi connectivity index (χ1n) is 9.42. The van der Waals surface area contributed by atoms with Gasteiger partial charge in [0.2, 0.25) is 0 Å². The first-order chi connectivity index (χ1) is 13.5. The highest BCUT2D eigenvalue weighted by atomic mass is 32.2. The zero-order chi connectivity index (χ0) is 20.1. The minimum Gasteiger partial charge on any atom is -0.492 e. The van der Waals surface area contributed by atoms with Crippen molar-refractivity contribution in [3.05, 3.63) is 65.0 Å². The fraction of sp³-hybridized carbons (Fsp3) is 0.409. The van der Waals surface area contributed by atoms with E-state index in [0.29, 0.717) is 36.5 Å². The van der Waals surface area contributed by atoms with Gasteiger partial charge in [-0.25, -0.2) is 9.18 Å². The second kappa shape index (κ2) is 9.43. The molecular formula is C22H26FNO3S. The summed E-state index contributed by atoms with van der Waals surface area (Å²) >= 11 is 1.88. The third kappa shape index (κ3) is 5.26. The van der Waals surface area contributed by atoms with Gasteiger partial charge in [-0.15, -0.1) is 0 Å². The number of hydrogen-bond acceptors (Lipinski definition) is 4. The third-order valence-corrected chi connectivity index (χ3v) is 6.34. The predicted octanol–water partition coefficient (Wildman–Crippen LogP) is 4.12. The van der Waals surface area contributed by atoms with Crippen molar-refractivity contribution in [2.75, 3.05) is 26.5 Å². The maximum atomic E-state index is 13.0. The Labute approximate surface area is 169 Å². The first-order valence-corrected chi connectivity index (χ1v) is 10.7. The Morgan fingerprint density at radius 2 is 2.00 bits per heavy atom. The standard InChI is InChI=1S/C22H26FNO3S/c1-24-13-20(28-2)11-18(24)14-27-19-10-7-16(21(12-19)22(25)26)6-3-15-4-8-17(23)9-5-15/h4-5,7-10,12,18,20H,3,6,11,13-14H2,1-2H3,(H,25,26)/t18-,20-/m0/s1. The van der Waals surface area contributed by atoms with E-state index < -0.39 is 5.97 Å². The lowest BCUT2D eigenvalue weighted by Crippen LogP contribution is -2.30. The van der Waals surface area contributed by atoms with Gasteiger partial charge in [0.1, 0.15) is 18.2 Å². The van der Waals surface area contributed by atoms with Crippen LogP contribution in [0.15, 0.2) is 42.5 Å². The van der Waals surface area contributed by atoms with Crippen LogP contribution in [0.2, 0.25) is 0 Å². The molecule has 3 rings (SSSR count). The van der Waals surface area contributed by atoms with Crippen LogP contribution >= 0.6 is 11.8 Å². The average molecular weight is 404 g/mol. The van der Waals surface area contributed by atoms with Gasteiger partial charge in [0, 0.05) is 17.8 Å². The number of carbonyl (C=O) groups is 1. The van der Waals surface area contributed by atoms with Crippen LogP contribution in [0.1, 0.15) is 27.9 Å². The number of benzene rings is 2. The number of ether oxygens (including phenoxy) is 1. The van der Waals surface area contributed by atoms with Crippen LogP contribution in [-0.4, -0.2) is 53.7 Å². The molecule has 0 saturated carbocycles. The Kier molecular flexibility index (Phi) is 6.97. The predicted molar refractivity (Wildman–Crippen MR) is 111 cm³/mol. The molecule has 150 valence electrons. The Balaban J connectivity index is 1.63. The quantitative estimate of drug-likeness (QED) is 0.718. The van der Waals surface area contributed by atoms with Crippen LogP contribution in [-0.2, 0) is 12.8 Å². The molecule has 1 heterocycles. The maximum absolute atomic E-state index is 13.0. The number of likely N-dealkylation sites (tertiary alicyclic amines) is 1. The number of hydrogen-bond donors (Lipinski definition) is 1. The number of rotatable bonds is 8. The normalized spacial score (nSPS) is 19.7. The molecule has 28 heavy (non-hydrogen) atoms. The molecule has 2 aromatic carbocycles. The Morgan fingerprint density at radius 1 is 1.25 bits per heavy atom. The molecule has 0 aromatic heterocycles. The van der Waals surface area contributed by atoms with Gasteiger partial charge in [-0.1, -0.05) is 18.2 Å². The monoisotopic (exact) mass is 403 g/mol. The topological polar surface area (TPSA) is 49.8 Å². The van der Waals surface area contributed by atoms with Crippen molar-refractivity contribution in [1.29, 1.82) is 0 Å². The van der Waals surface area contributed by atoms with Gasteiger partial charge in [-0.3, -0.25) is 4.90 Å². The second-order valence-corrected chi connectivity index (χ2v) is 8.39. The van der Waals surface area contributed by atoms with Gasteiger partial charge in [0.25, 0.3) is 0 Å². The maximum Gasteiger partial charge on any atom is 0.336 e. The zero-order valence-electron chi connectivity index (χ0n) is 16.2. The number of aromatic carboxylic acids is 1. The second-order valence-electron chi connectivity index (χ2n) is 7.25. The summed E-state index contributed by atoms with van der Waals surface area (Å²) in [4.78, 5) is 14.0. The van der Waals surface area contributed by atoms with Gasteiger partial charge in [-0.05, 0) is 68.0 Å². The lowest BCUT2D eigenvalue weighted by molar-refractivity contribution is 0.0695. The fourth-order valence-electron chi connectivity index (χ4n) is 3.58. The molecule has 2 atom stereocenters. The van der Waals surface area contributed by atoms with E-state index in [1.807, 2.05) is 23.9 Å². The number of nitrogens with zero attached hydrogens (tertiary/aromatic N) is 1. The van der Waals surface area contributed by atoms with E-state index in [1.54, 1.807) is 18.2 Å². The first kappa shape index (κ1) is 20.7. The van der Waals surface area contributed by atoms with Crippen molar-refractivity contribution >= 4 is 17.7 Å². The van der Waals surface area contributed by atoms with Gasteiger partial charge in [-0.2, -0.15) is 11.8 Å². The van der Waals surface area contributed by atoms with Crippen LogP contribution in [0.25, 0.3) is 0 Å². The van der Waals surface area contributed by atoms with E-state index in [2.05, 4.69) is 18.2 Å². The van der Waals surface area contributed by atoms with Crippen LogP contribution in [0, 0.1) is 5.82 Å². The summed E-state index contributed by atoms with van der Waals surface area (Å²) in [6.45, 7) is 1.61. The molecule has 0 aliphatic carbocycles. The van der Waals surface area contributed by atoms with Crippen molar-refractivity contribution in [3.63, 3.8) is 0 Å².